The van der Waals surface area contributed by atoms with E-state index in [4.69, 9.17) is 0 Å². The van der Waals surface area contributed by atoms with Crippen LogP contribution in [0.25, 0.3) is 0 Å². The molecular weight excluding hydrogens is 258 g/mol. The van der Waals surface area contributed by atoms with Crippen LogP contribution in [0.2, 0.25) is 0 Å². The zero-order chi connectivity index (χ0) is 14.4. The van der Waals surface area contributed by atoms with Crippen LogP contribution in [0.3, 0.4) is 0 Å². The maximum atomic E-state index is 4.64. The van der Waals surface area contributed by atoms with Crippen LogP contribution >= 0.6 is 0 Å². The van der Waals surface area contributed by atoms with Crippen LogP contribution in [-0.4, -0.2) is 22.4 Å². The van der Waals surface area contributed by atoms with E-state index in [1.807, 2.05) is 11.7 Å². The largest absolute Gasteiger partial charge is 0.313 e. The van der Waals surface area contributed by atoms with E-state index in [0.29, 0.717) is 11.5 Å². The van der Waals surface area contributed by atoms with Crippen molar-refractivity contribution in [1.82, 2.24) is 15.1 Å². The van der Waals surface area contributed by atoms with Crippen molar-refractivity contribution in [3.8, 4) is 0 Å². The van der Waals surface area contributed by atoms with E-state index in [1.54, 1.807) is 0 Å². The van der Waals surface area contributed by atoms with Gasteiger partial charge in [-0.05, 0) is 74.3 Å². The molecule has 4 aliphatic carbocycles. The standard InChI is InChI=1S/C18H29N3/c1-3-19-17(9-16-4-5-21(2)20-16)18-10-13-6-14(11-18)8-15(7-13)12-18/h4-5,13-15,17,19H,3,6-12H2,1-2H3. The number of nitrogens with one attached hydrogen (secondary N) is 1. The summed E-state index contributed by atoms with van der Waals surface area (Å²) in [4.78, 5) is 0. The Morgan fingerprint density at radius 3 is 2.33 bits per heavy atom. The molecule has 1 aromatic rings. The van der Waals surface area contributed by atoms with Gasteiger partial charge in [0.05, 0.1) is 5.69 Å². The van der Waals surface area contributed by atoms with E-state index in [1.165, 1.54) is 44.2 Å². The number of aryl methyl sites for hydroxylation is 1. The molecule has 3 nitrogen and oxygen atoms in total. The highest BCUT2D eigenvalue weighted by Gasteiger charge is 2.53. The predicted molar refractivity (Wildman–Crippen MR) is 85.0 cm³/mol. The third kappa shape index (κ3) is 2.44. The molecule has 0 saturated heterocycles. The molecule has 5 rings (SSSR count). The summed E-state index contributed by atoms with van der Waals surface area (Å²) in [5.74, 6) is 3.09. The number of hydrogen-bond acceptors (Lipinski definition) is 2. The summed E-state index contributed by atoms with van der Waals surface area (Å²) in [6.07, 6.45) is 12.2. The lowest BCUT2D eigenvalue weighted by Crippen LogP contribution is -2.56. The molecule has 116 valence electrons. The number of likely N-dealkylation sites (N-methyl/N-ethyl adjacent to an activating group) is 1. The van der Waals surface area contributed by atoms with Crippen LogP contribution in [0, 0.1) is 23.2 Å². The molecule has 4 aliphatic rings. The lowest BCUT2D eigenvalue weighted by atomic mass is 9.47. The number of hydrogen-bond donors (Lipinski definition) is 1. The molecule has 1 atom stereocenters. The van der Waals surface area contributed by atoms with E-state index >= 15 is 0 Å². The van der Waals surface area contributed by atoms with E-state index < -0.39 is 0 Å². The van der Waals surface area contributed by atoms with Crippen LogP contribution in [0.1, 0.15) is 51.1 Å². The molecular formula is C18H29N3. The minimum Gasteiger partial charge on any atom is -0.313 e. The Balaban J connectivity index is 1.58. The van der Waals surface area contributed by atoms with Gasteiger partial charge in [0.15, 0.2) is 0 Å². The molecule has 0 radical (unpaired) electrons. The highest BCUT2D eigenvalue weighted by Crippen LogP contribution is 2.61. The molecule has 0 spiro atoms. The summed E-state index contributed by atoms with van der Waals surface area (Å²) in [5.41, 5.74) is 1.83. The van der Waals surface area contributed by atoms with Crippen molar-refractivity contribution in [2.24, 2.45) is 30.2 Å². The minimum atomic E-state index is 0.572. The third-order valence-corrected chi connectivity index (χ3v) is 6.46. The van der Waals surface area contributed by atoms with Crippen molar-refractivity contribution < 1.29 is 0 Å². The summed E-state index contributed by atoms with van der Waals surface area (Å²) >= 11 is 0. The number of nitrogens with zero attached hydrogens (tertiary/aromatic N) is 2. The van der Waals surface area contributed by atoms with Crippen molar-refractivity contribution in [1.29, 1.82) is 0 Å². The van der Waals surface area contributed by atoms with Gasteiger partial charge in [-0.15, -0.1) is 0 Å². The van der Waals surface area contributed by atoms with E-state index in [9.17, 15) is 0 Å². The molecule has 4 fully saturated rings. The lowest BCUT2D eigenvalue weighted by molar-refractivity contribution is -0.0735. The second-order valence-corrected chi connectivity index (χ2v) is 8.08. The van der Waals surface area contributed by atoms with Gasteiger partial charge in [0.2, 0.25) is 0 Å². The Kier molecular flexibility index (Phi) is 3.36. The average molecular weight is 287 g/mol. The van der Waals surface area contributed by atoms with Crippen LogP contribution in [0.15, 0.2) is 12.3 Å². The topological polar surface area (TPSA) is 29.9 Å². The van der Waals surface area contributed by atoms with E-state index in [2.05, 4.69) is 29.6 Å². The van der Waals surface area contributed by atoms with Crippen molar-refractivity contribution in [2.75, 3.05) is 6.54 Å². The first-order valence-corrected chi connectivity index (χ1v) is 8.89. The molecule has 0 aromatic carbocycles. The zero-order valence-corrected chi connectivity index (χ0v) is 13.5. The van der Waals surface area contributed by atoms with Gasteiger partial charge < -0.3 is 5.32 Å². The van der Waals surface area contributed by atoms with Crippen molar-refractivity contribution in [3.05, 3.63) is 18.0 Å². The van der Waals surface area contributed by atoms with Gasteiger partial charge in [-0.3, -0.25) is 4.68 Å². The van der Waals surface area contributed by atoms with Crippen molar-refractivity contribution >= 4 is 0 Å². The Hall–Kier alpha value is -0.830. The van der Waals surface area contributed by atoms with Gasteiger partial charge in [-0.2, -0.15) is 5.10 Å². The molecule has 4 bridgehead atoms. The molecule has 1 heterocycles. The highest BCUT2D eigenvalue weighted by molar-refractivity contribution is 5.10. The Labute approximate surface area is 128 Å². The quantitative estimate of drug-likeness (QED) is 0.901. The molecule has 0 aliphatic heterocycles. The fourth-order valence-electron chi connectivity index (χ4n) is 6.14. The molecule has 1 aromatic heterocycles. The first-order chi connectivity index (χ1) is 10.2. The smallest absolute Gasteiger partial charge is 0.0640 e. The minimum absolute atomic E-state index is 0.572. The average Bonchev–Trinajstić information content (AvgIpc) is 2.82. The Morgan fingerprint density at radius 2 is 1.86 bits per heavy atom. The summed E-state index contributed by atoms with van der Waals surface area (Å²) in [6, 6.07) is 2.83. The monoisotopic (exact) mass is 287 g/mol. The second kappa shape index (κ2) is 5.12. The van der Waals surface area contributed by atoms with Crippen LogP contribution < -0.4 is 5.32 Å². The van der Waals surface area contributed by atoms with Crippen molar-refractivity contribution in [2.45, 2.75) is 57.9 Å². The maximum Gasteiger partial charge on any atom is 0.0640 e. The summed E-state index contributed by atoms with van der Waals surface area (Å²) in [6.45, 7) is 3.34. The number of rotatable bonds is 5. The number of aromatic nitrogens is 2. The Bertz CT molecular complexity index is 469. The predicted octanol–water partition coefficient (Wildman–Crippen LogP) is 3.16. The van der Waals surface area contributed by atoms with Crippen LogP contribution in [-0.2, 0) is 13.5 Å². The molecule has 3 heteroatoms. The lowest BCUT2D eigenvalue weighted by Gasteiger charge is -2.59. The molecule has 1 N–H and O–H groups in total. The van der Waals surface area contributed by atoms with E-state index in [-0.39, 0.29) is 0 Å². The Morgan fingerprint density at radius 1 is 1.24 bits per heavy atom. The molecule has 4 saturated carbocycles. The van der Waals surface area contributed by atoms with Crippen LogP contribution in [0.5, 0.6) is 0 Å². The first-order valence-electron chi connectivity index (χ1n) is 8.89. The highest BCUT2D eigenvalue weighted by atomic mass is 15.2. The van der Waals surface area contributed by atoms with Gasteiger partial charge in [-0.1, -0.05) is 6.92 Å². The summed E-state index contributed by atoms with van der Waals surface area (Å²) < 4.78 is 1.94. The second-order valence-electron chi connectivity index (χ2n) is 8.08. The molecule has 0 amide bonds. The molecule has 21 heavy (non-hydrogen) atoms. The van der Waals surface area contributed by atoms with Crippen molar-refractivity contribution in [3.63, 3.8) is 0 Å². The fourth-order valence-corrected chi connectivity index (χ4v) is 6.14. The van der Waals surface area contributed by atoms with Gasteiger partial charge in [0.1, 0.15) is 0 Å². The third-order valence-electron chi connectivity index (χ3n) is 6.46. The summed E-state index contributed by atoms with van der Waals surface area (Å²) in [7, 11) is 2.02. The normalized spacial score (nSPS) is 38.9. The first kappa shape index (κ1) is 13.8. The van der Waals surface area contributed by atoms with Gasteiger partial charge in [0.25, 0.3) is 0 Å². The van der Waals surface area contributed by atoms with Gasteiger partial charge in [-0.25, -0.2) is 0 Å². The van der Waals surface area contributed by atoms with E-state index in [0.717, 1.165) is 30.7 Å². The maximum absolute atomic E-state index is 4.64. The fraction of sp³-hybridized carbons (Fsp3) is 0.833. The van der Waals surface area contributed by atoms with Gasteiger partial charge >= 0.3 is 0 Å². The van der Waals surface area contributed by atoms with Gasteiger partial charge in [0, 0.05) is 25.7 Å². The summed E-state index contributed by atoms with van der Waals surface area (Å²) in [5, 5.41) is 8.49. The molecule has 1 unspecified atom stereocenters. The SMILES string of the molecule is CCNC(Cc1ccn(C)n1)C12CC3CC(CC(C3)C1)C2. The van der Waals surface area contributed by atoms with Crippen LogP contribution in [0.4, 0.5) is 0 Å². The zero-order valence-electron chi connectivity index (χ0n) is 13.5.